The van der Waals surface area contributed by atoms with Crippen LogP contribution in [0.2, 0.25) is 0 Å². The first-order valence-electron chi connectivity index (χ1n) is 10.8. The summed E-state index contributed by atoms with van der Waals surface area (Å²) in [6, 6.07) is 20.8. The van der Waals surface area contributed by atoms with Crippen molar-refractivity contribution < 1.29 is 22.7 Å². The van der Waals surface area contributed by atoms with Crippen LogP contribution in [0, 0.1) is 0 Å². The van der Waals surface area contributed by atoms with Crippen LogP contribution in [-0.2, 0) is 21.2 Å². The summed E-state index contributed by atoms with van der Waals surface area (Å²) in [5, 5.41) is 2.75. The van der Waals surface area contributed by atoms with Gasteiger partial charge >= 0.3 is 0 Å². The Hall–Kier alpha value is -3.52. The van der Waals surface area contributed by atoms with Crippen LogP contribution in [0.15, 0.2) is 77.7 Å². The number of benzene rings is 3. The molecular formula is C25H26N2O5S. The summed E-state index contributed by atoms with van der Waals surface area (Å²) >= 11 is 0. The van der Waals surface area contributed by atoms with Gasteiger partial charge in [-0.25, -0.2) is 8.42 Å². The van der Waals surface area contributed by atoms with Crippen LogP contribution in [0.3, 0.4) is 0 Å². The molecule has 0 saturated carbocycles. The Labute approximate surface area is 194 Å². The fourth-order valence-electron chi connectivity index (χ4n) is 3.73. The van der Waals surface area contributed by atoms with Crippen LogP contribution in [-0.4, -0.2) is 34.1 Å². The van der Waals surface area contributed by atoms with Gasteiger partial charge in [0, 0.05) is 12.2 Å². The summed E-state index contributed by atoms with van der Waals surface area (Å²) in [4.78, 5) is 12.4. The van der Waals surface area contributed by atoms with E-state index in [0.717, 1.165) is 29.8 Å². The van der Waals surface area contributed by atoms with Crippen LogP contribution < -0.4 is 19.1 Å². The Bertz CT molecular complexity index is 1210. The maximum Gasteiger partial charge on any atom is 0.264 e. The van der Waals surface area contributed by atoms with Crippen molar-refractivity contribution >= 4 is 27.3 Å². The van der Waals surface area contributed by atoms with Gasteiger partial charge in [0.25, 0.3) is 15.9 Å². The Kier molecular flexibility index (Phi) is 6.84. The van der Waals surface area contributed by atoms with Crippen LogP contribution in [0.1, 0.15) is 18.9 Å². The number of anilines is 2. The number of carbonyl (C=O) groups is 1. The third-order valence-electron chi connectivity index (χ3n) is 5.30. The zero-order chi connectivity index (χ0) is 23.3. The van der Waals surface area contributed by atoms with Crippen molar-refractivity contribution in [2.24, 2.45) is 0 Å². The second-order valence-electron chi connectivity index (χ2n) is 7.58. The van der Waals surface area contributed by atoms with Gasteiger partial charge in [-0.2, -0.15) is 0 Å². The van der Waals surface area contributed by atoms with Crippen LogP contribution in [0.25, 0.3) is 0 Å². The molecule has 0 atom stereocenters. The van der Waals surface area contributed by atoms with E-state index in [1.165, 1.54) is 16.4 Å². The number of amides is 1. The highest BCUT2D eigenvalue weighted by Crippen LogP contribution is 2.32. The van der Waals surface area contributed by atoms with Gasteiger partial charge in [-0.3, -0.25) is 9.10 Å². The second kappa shape index (κ2) is 9.95. The van der Waals surface area contributed by atoms with Crippen molar-refractivity contribution in [1.29, 1.82) is 0 Å². The Morgan fingerprint density at radius 1 is 0.939 bits per heavy atom. The Balaban J connectivity index is 1.37. The average Bonchev–Trinajstić information content (AvgIpc) is 2.84. The zero-order valence-electron chi connectivity index (χ0n) is 18.4. The van der Waals surface area contributed by atoms with Gasteiger partial charge in [0.15, 0.2) is 6.61 Å². The summed E-state index contributed by atoms with van der Waals surface area (Å²) in [5.41, 5.74) is 2.40. The first kappa shape index (κ1) is 22.7. The third kappa shape index (κ3) is 5.28. The molecule has 8 heteroatoms. The highest BCUT2D eigenvalue weighted by atomic mass is 32.2. The molecule has 3 aromatic carbocycles. The molecule has 1 aliphatic heterocycles. The second-order valence-corrected chi connectivity index (χ2v) is 9.44. The van der Waals surface area contributed by atoms with Gasteiger partial charge in [0.2, 0.25) is 0 Å². The number of hydrogen-bond acceptors (Lipinski definition) is 5. The topological polar surface area (TPSA) is 84.9 Å². The third-order valence-corrected chi connectivity index (χ3v) is 7.13. The summed E-state index contributed by atoms with van der Waals surface area (Å²) in [5.74, 6) is 0.824. The Morgan fingerprint density at radius 2 is 1.61 bits per heavy atom. The summed E-state index contributed by atoms with van der Waals surface area (Å²) < 4.78 is 38.8. The zero-order valence-corrected chi connectivity index (χ0v) is 19.2. The fraction of sp³-hybridized carbons (Fsp3) is 0.240. The van der Waals surface area contributed by atoms with Crippen molar-refractivity contribution in [3.05, 3.63) is 78.4 Å². The van der Waals surface area contributed by atoms with Gasteiger partial charge in [-0.05, 0) is 79.9 Å². The lowest BCUT2D eigenvalue weighted by atomic mass is 10.0. The number of aryl methyl sites for hydroxylation is 1. The van der Waals surface area contributed by atoms with E-state index < -0.39 is 10.0 Å². The van der Waals surface area contributed by atoms with Gasteiger partial charge in [-0.1, -0.05) is 18.2 Å². The molecule has 0 unspecified atom stereocenters. The molecule has 1 N–H and O–H groups in total. The standard InChI is InChI=1S/C25H26N2O5S/c1-2-31-21-11-9-20(10-12-21)26-25(28)18-32-22-13-15-23(16-14-22)33(29,30)27-17-5-7-19-6-3-4-8-24(19)27/h3-4,6,8-16H,2,5,7,17-18H2,1H3,(H,26,28). The van der Waals surface area contributed by atoms with Gasteiger partial charge < -0.3 is 14.8 Å². The van der Waals surface area contributed by atoms with E-state index in [1.807, 2.05) is 31.2 Å². The van der Waals surface area contributed by atoms with Crippen LogP contribution >= 0.6 is 0 Å². The Morgan fingerprint density at radius 3 is 2.33 bits per heavy atom. The first-order chi connectivity index (χ1) is 16.0. The number of carbonyl (C=O) groups excluding carboxylic acids is 1. The normalized spacial score (nSPS) is 13.2. The van der Waals surface area contributed by atoms with Crippen LogP contribution in [0.5, 0.6) is 11.5 Å². The van der Waals surface area contributed by atoms with E-state index in [0.29, 0.717) is 24.6 Å². The lowest BCUT2D eigenvalue weighted by Gasteiger charge is -2.30. The molecular weight excluding hydrogens is 440 g/mol. The number of fused-ring (bicyclic) bond motifs is 1. The number of sulfonamides is 1. The van der Waals surface area contributed by atoms with E-state index in [4.69, 9.17) is 9.47 Å². The van der Waals surface area contributed by atoms with Crippen molar-refractivity contribution in [3.63, 3.8) is 0 Å². The largest absolute Gasteiger partial charge is 0.494 e. The predicted molar refractivity (Wildman–Crippen MR) is 127 cm³/mol. The van der Waals surface area contributed by atoms with Crippen molar-refractivity contribution in [2.75, 3.05) is 29.4 Å². The van der Waals surface area contributed by atoms with Gasteiger partial charge in [0.1, 0.15) is 11.5 Å². The minimum absolute atomic E-state index is 0.186. The lowest BCUT2D eigenvalue weighted by Crippen LogP contribution is -2.35. The SMILES string of the molecule is CCOc1ccc(NC(=O)COc2ccc(S(=O)(=O)N3CCCc4ccccc43)cc2)cc1. The quantitative estimate of drug-likeness (QED) is 0.537. The molecule has 172 valence electrons. The summed E-state index contributed by atoms with van der Waals surface area (Å²) in [7, 11) is -3.68. The minimum Gasteiger partial charge on any atom is -0.494 e. The van der Waals surface area contributed by atoms with E-state index in [1.54, 1.807) is 36.4 Å². The van der Waals surface area contributed by atoms with Gasteiger partial charge in [-0.15, -0.1) is 0 Å². The van der Waals surface area contributed by atoms with Crippen LogP contribution in [0.4, 0.5) is 11.4 Å². The molecule has 0 saturated heterocycles. The maximum atomic E-state index is 13.2. The number of hydrogen-bond donors (Lipinski definition) is 1. The maximum absolute atomic E-state index is 13.2. The first-order valence-corrected chi connectivity index (χ1v) is 12.3. The minimum atomic E-state index is -3.68. The molecule has 7 nitrogen and oxygen atoms in total. The fourth-order valence-corrected chi connectivity index (χ4v) is 5.27. The summed E-state index contributed by atoms with van der Waals surface area (Å²) in [6.45, 7) is 2.73. The monoisotopic (exact) mass is 466 g/mol. The highest BCUT2D eigenvalue weighted by molar-refractivity contribution is 7.92. The molecule has 0 aliphatic carbocycles. The number of nitrogens with one attached hydrogen (secondary N) is 1. The molecule has 0 fully saturated rings. The molecule has 1 heterocycles. The molecule has 1 aliphatic rings. The van der Waals surface area contributed by atoms with E-state index in [9.17, 15) is 13.2 Å². The van der Waals surface area contributed by atoms with Crippen molar-refractivity contribution in [3.8, 4) is 11.5 Å². The average molecular weight is 467 g/mol. The smallest absolute Gasteiger partial charge is 0.264 e. The summed E-state index contributed by atoms with van der Waals surface area (Å²) in [6.07, 6.45) is 1.65. The molecule has 0 aromatic heterocycles. The van der Waals surface area contributed by atoms with E-state index in [2.05, 4.69) is 5.32 Å². The van der Waals surface area contributed by atoms with E-state index in [-0.39, 0.29) is 17.4 Å². The predicted octanol–water partition coefficient (Wildman–Crippen LogP) is 4.24. The van der Waals surface area contributed by atoms with Crippen molar-refractivity contribution in [1.82, 2.24) is 0 Å². The molecule has 0 radical (unpaired) electrons. The lowest BCUT2D eigenvalue weighted by molar-refractivity contribution is -0.118. The molecule has 33 heavy (non-hydrogen) atoms. The number of nitrogens with zero attached hydrogens (tertiary/aromatic N) is 1. The molecule has 0 spiro atoms. The van der Waals surface area contributed by atoms with Crippen molar-refractivity contribution in [2.45, 2.75) is 24.7 Å². The number of ether oxygens (including phenoxy) is 2. The van der Waals surface area contributed by atoms with E-state index >= 15 is 0 Å². The number of rotatable bonds is 8. The van der Waals surface area contributed by atoms with Gasteiger partial charge in [0.05, 0.1) is 17.2 Å². The number of para-hydroxylation sites is 1. The highest BCUT2D eigenvalue weighted by Gasteiger charge is 2.28. The molecule has 3 aromatic rings. The molecule has 1 amide bonds. The molecule has 4 rings (SSSR count). The molecule has 0 bridgehead atoms.